The Morgan fingerprint density at radius 3 is 3.20 bits per heavy atom. The molecule has 0 aliphatic carbocycles. The third-order valence-electron chi connectivity index (χ3n) is 1.80. The van der Waals surface area contributed by atoms with Crippen molar-refractivity contribution in [2.45, 2.75) is 13.0 Å². The second kappa shape index (κ2) is 6.15. The first kappa shape index (κ1) is 11.7. The van der Waals surface area contributed by atoms with E-state index in [-0.39, 0.29) is 5.91 Å². The minimum Gasteiger partial charge on any atom is -0.383 e. The van der Waals surface area contributed by atoms with Gasteiger partial charge in [0.25, 0.3) is 0 Å². The number of nitrogens with zero attached hydrogens (tertiary/aromatic N) is 2. The highest BCUT2D eigenvalue weighted by Gasteiger charge is 2.03. The molecule has 0 saturated carbocycles. The SMILES string of the molecule is COCCn1ccc(NC(=O)CCN)n1. The second-order valence-electron chi connectivity index (χ2n) is 3.04. The van der Waals surface area contributed by atoms with E-state index in [0.717, 1.165) is 0 Å². The van der Waals surface area contributed by atoms with Gasteiger partial charge in [-0.2, -0.15) is 5.10 Å². The van der Waals surface area contributed by atoms with Crippen molar-refractivity contribution in [3.8, 4) is 0 Å². The van der Waals surface area contributed by atoms with Crippen molar-refractivity contribution in [3.63, 3.8) is 0 Å². The maximum Gasteiger partial charge on any atom is 0.226 e. The summed E-state index contributed by atoms with van der Waals surface area (Å²) in [7, 11) is 1.63. The van der Waals surface area contributed by atoms with E-state index in [1.807, 2.05) is 0 Å². The van der Waals surface area contributed by atoms with Gasteiger partial charge in [-0.3, -0.25) is 9.48 Å². The Labute approximate surface area is 88.4 Å². The summed E-state index contributed by atoms with van der Waals surface area (Å²) in [6.45, 7) is 1.61. The van der Waals surface area contributed by atoms with Gasteiger partial charge in [-0.15, -0.1) is 0 Å². The Hall–Kier alpha value is -1.40. The minimum atomic E-state index is -0.116. The second-order valence-corrected chi connectivity index (χ2v) is 3.04. The quantitative estimate of drug-likeness (QED) is 0.685. The lowest BCUT2D eigenvalue weighted by Gasteiger charge is -2.00. The van der Waals surface area contributed by atoms with Crippen LogP contribution < -0.4 is 11.1 Å². The van der Waals surface area contributed by atoms with Crippen molar-refractivity contribution in [2.75, 3.05) is 25.6 Å². The molecule has 15 heavy (non-hydrogen) atoms. The molecular weight excluding hydrogens is 196 g/mol. The highest BCUT2D eigenvalue weighted by molar-refractivity contribution is 5.89. The number of carbonyl (C=O) groups excluding carboxylic acids is 1. The summed E-state index contributed by atoms with van der Waals surface area (Å²) in [6, 6.07) is 1.74. The zero-order valence-corrected chi connectivity index (χ0v) is 8.77. The van der Waals surface area contributed by atoms with Gasteiger partial charge in [-0.25, -0.2) is 0 Å². The van der Waals surface area contributed by atoms with Crippen molar-refractivity contribution >= 4 is 11.7 Å². The molecule has 0 spiro atoms. The summed E-state index contributed by atoms with van der Waals surface area (Å²) in [5.74, 6) is 0.430. The molecule has 6 heteroatoms. The molecule has 0 bridgehead atoms. The van der Waals surface area contributed by atoms with Crippen LogP contribution in [0.3, 0.4) is 0 Å². The number of methoxy groups -OCH3 is 1. The lowest BCUT2D eigenvalue weighted by Crippen LogP contribution is -2.16. The maximum atomic E-state index is 11.2. The zero-order chi connectivity index (χ0) is 11.1. The average molecular weight is 212 g/mol. The molecule has 0 unspecified atom stereocenters. The lowest BCUT2D eigenvalue weighted by molar-refractivity contribution is -0.116. The van der Waals surface area contributed by atoms with E-state index in [9.17, 15) is 4.79 Å². The minimum absolute atomic E-state index is 0.116. The molecule has 84 valence electrons. The number of hydrogen-bond acceptors (Lipinski definition) is 4. The van der Waals surface area contributed by atoms with Gasteiger partial charge in [0.1, 0.15) is 0 Å². The van der Waals surface area contributed by atoms with Crippen LogP contribution in [0.4, 0.5) is 5.82 Å². The molecule has 1 aromatic heterocycles. The summed E-state index contributed by atoms with van der Waals surface area (Å²) in [4.78, 5) is 11.2. The molecule has 0 atom stereocenters. The smallest absolute Gasteiger partial charge is 0.226 e. The fourth-order valence-corrected chi connectivity index (χ4v) is 1.07. The van der Waals surface area contributed by atoms with Crippen LogP contribution in [0.5, 0.6) is 0 Å². The molecular formula is C9H16N4O2. The summed E-state index contributed by atoms with van der Waals surface area (Å²) < 4.78 is 6.62. The van der Waals surface area contributed by atoms with Gasteiger partial charge in [0, 0.05) is 32.3 Å². The normalized spacial score (nSPS) is 10.3. The summed E-state index contributed by atoms with van der Waals surface area (Å²) in [5.41, 5.74) is 5.25. The predicted molar refractivity (Wildman–Crippen MR) is 56.4 cm³/mol. The number of anilines is 1. The summed E-state index contributed by atoms with van der Waals surface area (Å²) >= 11 is 0. The molecule has 3 N–H and O–H groups in total. The first-order valence-corrected chi connectivity index (χ1v) is 4.78. The van der Waals surface area contributed by atoms with Crippen LogP contribution in [-0.4, -0.2) is 35.9 Å². The van der Waals surface area contributed by atoms with Gasteiger partial charge in [-0.1, -0.05) is 0 Å². The maximum absolute atomic E-state index is 11.2. The molecule has 0 fully saturated rings. The average Bonchev–Trinajstić information content (AvgIpc) is 2.63. The van der Waals surface area contributed by atoms with E-state index in [1.165, 1.54) is 0 Å². The summed E-state index contributed by atoms with van der Waals surface area (Å²) in [6.07, 6.45) is 2.10. The van der Waals surface area contributed by atoms with Gasteiger partial charge in [0.15, 0.2) is 5.82 Å². The van der Waals surface area contributed by atoms with Gasteiger partial charge in [0.05, 0.1) is 13.2 Å². The molecule has 0 radical (unpaired) electrons. The van der Waals surface area contributed by atoms with E-state index in [0.29, 0.717) is 31.9 Å². The fraction of sp³-hybridized carbons (Fsp3) is 0.556. The van der Waals surface area contributed by atoms with Gasteiger partial charge in [-0.05, 0) is 0 Å². The Morgan fingerprint density at radius 2 is 2.53 bits per heavy atom. The van der Waals surface area contributed by atoms with Crippen LogP contribution in [0.1, 0.15) is 6.42 Å². The van der Waals surface area contributed by atoms with E-state index in [2.05, 4.69) is 10.4 Å². The Kier molecular flexibility index (Phi) is 4.79. The molecule has 1 rings (SSSR count). The topological polar surface area (TPSA) is 82.2 Å². The largest absolute Gasteiger partial charge is 0.383 e. The first-order chi connectivity index (χ1) is 7.26. The van der Waals surface area contributed by atoms with Crippen molar-refractivity contribution in [1.29, 1.82) is 0 Å². The highest BCUT2D eigenvalue weighted by Crippen LogP contribution is 2.02. The number of aromatic nitrogens is 2. The summed E-state index contributed by atoms with van der Waals surface area (Å²) in [5, 5.41) is 6.78. The van der Waals surface area contributed by atoms with E-state index in [4.69, 9.17) is 10.5 Å². The van der Waals surface area contributed by atoms with Crippen LogP contribution >= 0.6 is 0 Å². The number of ether oxygens (including phenoxy) is 1. The molecule has 0 aromatic carbocycles. The number of nitrogens with one attached hydrogen (secondary N) is 1. The molecule has 0 aliphatic rings. The zero-order valence-electron chi connectivity index (χ0n) is 8.77. The van der Waals surface area contributed by atoms with E-state index >= 15 is 0 Å². The van der Waals surface area contributed by atoms with Crippen LogP contribution in [-0.2, 0) is 16.1 Å². The van der Waals surface area contributed by atoms with Gasteiger partial charge in [0.2, 0.25) is 5.91 Å². The van der Waals surface area contributed by atoms with Gasteiger partial charge < -0.3 is 15.8 Å². The number of amides is 1. The Morgan fingerprint density at radius 1 is 1.73 bits per heavy atom. The van der Waals surface area contributed by atoms with Gasteiger partial charge >= 0.3 is 0 Å². The number of rotatable bonds is 6. The molecule has 6 nitrogen and oxygen atoms in total. The van der Waals surface area contributed by atoms with Crippen LogP contribution in [0.25, 0.3) is 0 Å². The van der Waals surface area contributed by atoms with Crippen molar-refractivity contribution in [2.24, 2.45) is 5.73 Å². The number of nitrogens with two attached hydrogens (primary N) is 1. The Bertz CT molecular complexity index is 311. The molecule has 1 amide bonds. The molecule has 1 aromatic rings. The predicted octanol–water partition coefficient (Wildman–Crippen LogP) is -0.183. The Balaban J connectivity index is 2.42. The monoisotopic (exact) mass is 212 g/mol. The van der Waals surface area contributed by atoms with E-state index < -0.39 is 0 Å². The van der Waals surface area contributed by atoms with Crippen molar-refractivity contribution in [1.82, 2.24) is 9.78 Å². The molecule has 0 aliphatic heterocycles. The molecule has 1 heterocycles. The first-order valence-electron chi connectivity index (χ1n) is 4.78. The third-order valence-corrected chi connectivity index (χ3v) is 1.80. The number of carbonyl (C=O) groups is 1. The standard InChI is InChI=1S/C9H16N4O2/c1-15-7-6-13-5-3-8(12-13)11-9(14)2-4-10/h3,5H,2,4,6-7,10H2,1H3,(H,11,12,14). The third kappa shape index (κ3) is 4.09. The van der Waals surface area contributed by atoms with Crippen molar-refractivity contribution < 1.29 is 9.53 Å². The van der Waals surface area contributed by atoms with Crippen LogP contribution in [0.15, 0.2) is 12.3 Å². The van der Waals surface area contributed by atoms with E-state index in [1.54, 1.807) is 24.1 Å². The van der Waals surface area contributed by atoms with Crippen molar-refractivity contribution in [3.05, 3.63) is 12.3 Å². The number of hydrogen-bond donors (Lipinski definition) is 2. The fourth-order valence-electron chi connectivity index (χ4n) is 1.07. The highest BCUT2D eigenvalue weighted by atomic mass is 16.5. The molecule has 0 saturated heterocycles. The van der Waals surface area contributed by atoms with Crippen LogP contribution in [0.2, 0.25) is 0 Å². The lowest BCUT2D eigenvalue weighted by atomic mass is 10.4. The van der Waals surface area contributed by atoms with Crippen LogP contribution in [0, 0.1) is 0 Å².